The number of carboxylic acid groups (broad SMARTS) is 1. The molecule has 0 bridgehead atoms. The number of urea groups is 1. The number of aliphatic carboxylic acids is 1. The van der Waals surface area contributed by atoms with Crippen LogP contribution in [0.3, 0.4) is 0 Å². The van der Waals surface area contributed by atoms with Crippen LogP contribution in [0.1, 0.15) is 17.4 Å². The smallest absolute Gasteiger partial charge is 0.328 e. The van der Waals surface area contributed by atoms with Gasteiger partial charge in [-0.1, -0.05) is 6.92 Å². The standard InChI is InChI=1S/C12H14N2O4S/c1-2-8-5-6-19-9(8)7-13-12(18)14-10(15)3-4-11(16)17/h3-6H,2,7H2,1H3,(H,16,17)(H2,13,14,15,18). The predicted molar refractivity (Wildman–Crippen MR) is 70.9 cm³/mol. The lowest BCUT2D eigenvalue weighted by Gasteiger charge is -2.05. The summed E-state index contributed by atoms with van der Waals surface area (Å²) < 4.78 is 0. The first kappa shape index (κ1) is 14.9. The third kappa shape index (κ3) is 5.35. The van der Waals surface area contributed by atoms with E-state index in [-0.39, 0.29) is 0 Å². The van der Waals surface area contributed by atoms with E-state index in [1.54, 1.807) is 0 Å². The van der Waals surface area contributed by atoms with Gasteiger partial charge in [0.15, 0.2) is 0 Å². The zero-order chi connectivity index (χ0) is 14.3. The average Bonchev–Trinajstić information content (AvgIpc) is 2.81. The third-order valence-electron chi connectivity index (χ3n) is 2.24. The van der Waals surface area contributed by atoms with Crippen LogP contribution in [0.5, 0.6) is 0 Å². The lowest BCUT2D eigenvalue weighted by atomic mass is 10.2. The number of carboxylic acids is 1. The van der Waals surface area contributed by atoms with Crippen LogP contribution < -0.4 is 10.6 Å². The Labute approximate surface area is 114 Å². The summed E-state index contributed by atoms with van der Waals surface area (Å²) in [5.74, 6) is -2.02. The van der Waals surface area contributed by atoms with Crippen LogP contribution in [0.4, 0.5) is 4.79 Å². The molecular weight excluding hydrogens is 268 g/mol. The van der Waals surface area contributed by atoms with Crippen molar-refractivity contribution in [3.05, 3.63) is 34.0 Å². The number of rotatable bonds is 5. The number of nitrogens with one attached hydrogen (secondary N) is 2. The van der Waals surface area contributed by atoms with E-state index in [1.807, 2.05) is 23.7 Å². The Morgan fingerprint density at radius 3 is 2.74 bits per heavy atom. The molecule has 0 aliphatic heterocycles. The van der Waals surface area contributed by atoms with Crippen molar-refractivity contribution in [1.29, 1.82) is 0 Å². The van der Waals surface area contributed by atoms with E-state index < -0.39 is 17.9 Å². The van der Waals surface area contributed by atoms with Crippen molar-refractivity contribution in [2.45, 2.75) is 19.9 Å². The molecule has 0 saturated carbocycles. The van der Waals surface area contributed by atoms with Crippen LogP contribution in [0, 0.1) is 0 Å². The summed E-state index contributed by atoms with van der Waals surface area (Å²) in [5, 5.41) is 14.8. The highest BCUT2D eigenvalue weighted by Gasteiger charge is 2.07. The molecule has 3 amide bonds. The molecule has 19 heavy (non-hydrogen) atoms. The zero-order valence-electron chi connectivity index (χ0n) is 10.3. The number of imide groups is 1. The highest BCUT2D eigenvalue weighted by Crippen LogP contribution is 2.16. The van der Waals surface area contributed by atoms with Crippen LogP contribution in [-0.4, -0.2) is 23.0 Å². The molecule has 0 saturated heterocycles. The van der Waals surface area contributed by atoms with Crippen molar-refractivity contribution in [2.24, 2.45) is 0 Å². The summed E-state index contributed by atoms with van der Waals surface area (Å²) in [7, 11) is 0. The lowest BCUT2D eigenvalue weighted by molar-refractivity contribution is -0.131. The molecule has 0 fully saturated rings. The summed E-state index contributed by atoms with van der Waals surface area (Å²) in [6.45, 7) is 2.36. The van der Waals surface area contributed by atoms with Gasteiger partial charge in [0, 0.05) is 17.0 Å². The fraction of sp³-hybridized carbons (Fsp3) is 0.250. The van der Waals surface area contributed by atoms with Crippen molar-refractivity contribution in [3.63, 3.8) is 0 Å². The molecule has 0 radical (unpaired) electrons. The summed E-state index contributed by atoms with van der Waals surface area (Å²) >= 11 is 1.53. The van der Waals surface area contributed by atoms with Gasteiger partial charge in [-0.3, -0.25) is 10.1 Å². The van der Waals surface area contributed by atoms with Gasteiger partial charge in [-0.05, 0) is 23.4 Å². The Hall–Kier alpha value is -2.15. The number of carbonyl (C=O) groups excluding carboxylic acids is 2. The largest absolute Gasteiger partial charge is 0.478 e. The molecule has 0 aliphatic rings. The molecule has 102 valence electrons. The minimum atomic E-state index is -1.25. The Bertz CT molecular complexity index is 508. The van der Waals surface area contributed by atoms with Crippen molar-refractivity contribution in [2.75, 3.05) is 0 Å². The van der Waals surface area contributed by atoms with Crippen LogP contribution in [0.15, 0.2) is 23.6 Å². The molecule has 1 heterocycles. The number of thiophene rings is 1. The van der Waals surface area contributed by atoms with Crippen molar-refractivity contribution in [3.8, 4) is 0 Å². The van der Waals surface area contributed by atoms with Crippen molar-refractivity contribution < 1.29 is 19.5 Å². The molecule has 0 spiro atoms. The monoisotopic (exact) mass is 282 g/mol. The van der Waals surface area contributed by atoms with E-state index >= 15 is 0 Å². The zero-order valence-corrected chi connectivity index (χ0v) is 11.1. The summed E-state index contributed by atoms with van der Waals surface area (Å²) in [6, 6.07) is 1.33. The van der Waals surface area contributed by atoms with Crippen molar-refractivity contribution >= 4 is 29.2 Å². The molecule has 0 unspecified atom stereocenters. The first-order valence-corrected chi connectivity index (χ1v) is 6.46. The maximum absolute atomic E-state index is 11.4. The minimum absolute atomic E-state index is 0.336. The number of amides is 3. The summed E-state index contributed by atoms with van der Waals surface area (Å²) in [6.07, 6.45) is 2.32. The summed E-state index contributed by atoms with van der Waals surface area (Å²) in [5.41, 5.74) is 1.15. The number of hydrogen-bond acceptors (Lipinski definition) is 4. The molecule has 7 heteroatoms. The van der Waals surface area contributed by atoms with E-state index in [9.17, 15) is 14.4 Å². The lowest BCUT2D eigenvalue weighted by Crippen LogP contribution is -2.38. The first-order valence-electron chi connectivity index (χ1n) is 5.58. The molecule has 0 atom stereocenters. The second-order valence-electron chi connectivity index (χ2n) is 3.57. The Morgan fingerprint density at radius 1 is 1.37 bits per heavy atom. The van der Waals surface area contributed by atoms with Crippen LogP contribution in [0.2, 0.25) is 0 Å². The Balaban J connectivity index is 2.40. The van der Waals surface area contributed by atoms with Crippen LogP contribution >= 0.6 is 11.3 Å². The molecule has 1 aromatic rings. The normalized spacial score (nSPS) is 10.4. The van der Waals surface area contributed by atoms with E-state index in [1.165, 1.54) is 11.3 Å². The van der Waals surface area contributed by atoms with Gasteiger partial charge < -0.3 is 10.4 Å². The molecule has 1 aromatic heterocycles. The molecular formula is C12H14N2O4S. The van der Waals surface area contributed by atoms with Crippen LogP contribution in [0.25, 0.3) is 0 Å². The first-order chi connectivity index (χ1) is 9.02. The predicted octanol–water partition coefficient (Wildman–Crippen LogP) is 1.28. The van der Waals surface area contributed by atoms with Gasteiger partial charge in [-0.25, -0.2) is 9.59 Å². The van der Waals surface area contributed by atoms with E-state index in [4.69, 9.17) is 5.11 Å². The van der Waals surface area contributed by atoms with Gasteiger partial charge in [0.2, 0.25) is 0 Å². The second-order valence-corrected chi connectivity index (χ2v) is 4.57. The Kier molecular flexibility index (Phi) is 5.74. The van der Waals surface area contributed by atoms with Crippen molar-refractivity contribution in [1.82, 2.24) is 10.6 Å². The van der Waals surface area contributed by atoms with Gasteiger partial charge in [0.05, 0.1) is 6.54 Å². The molecule has 0 aromatic carbocycles. The summed E-state index contributed by atoms with van der Waals surface area (Å²) in [4.78, 5) is 33.7. The highest BCUT2D eigenvalue weighted by molar-refractivity contribution is 7.10. The van der Waals surface area contributed by atoms with Gasteiger partial charge >= 0.3 is 12.0 Å². The highest BCUT2D eigenvalue weighted by atomic mass is 32.1. The minimum Gasteiger partial charge on any atom is -0.478 e. The van der Waals surface area contributed by atoms with E-state index in [2.05, 4.69) is 5.32 Å². The quantitative estimate of drug-likeness (QED) is 0.709. The third-order valence-corrected chi connectivity index (χ3v) is 3.21. The average molecular weight is 282 g/mol. The molecule has 3 N–H and O–H groups in total. The van der Waals surface area contributed by atoms with Gasteiger partial charge in [-0.2, -0.15) is 0 Å². The Morgan fingerprint density at radius 2 is 2.11 bits per heavy atom. The van der Waals surface area contributed by atoms with Gasteiger partial charge in [0.1, 0.15) is 0 Å². The van der Waals surface area contributed by atoms with Gasteiger partial charge in [-0.15, -0.1) is 11.3 Å². The number of hydrogen-bond donors (Lipinski definition) is 3. The molecule has 1 rings (SSSR count). The van der Waals surface area contributed by atoms with E-state index in [0.717, 1.165) is 22.9 Å². The topological polar surface area (TPSA) is 95.5 Å². The van der Waals surface area contributed by atoms with Crippen LogP contribution in [-0.2, 0) is 22.6 Å². The fourth-order valence-electron chi connectivity index (χ4n) is 1.34. The van der Waals surface area contributed by atoms with Gasteiger partial charge in [0.25, 0.3) is 5.91 Å². The maximum atomic E-state index is 11.4. The molecule has 6 nitrogen and oxygen atoms in total. The number of carbonyl (C=O) groups is 3. The number of aryl methyl sites for hydroxylation is 1. The maximum Gasteiger partial charge on any atom is 0.328 e. The van der Waals surface area contributed by atoms with E-state index in [0.29, 0.717) is 12.6 Å². The second kappa shape index (κ2) is 7.32. The SMILES string of the molecule is CCc1ccsc1CNC(=O)NC(=O)C=CC(=O)O. The molecule has 0 aliphatic carbocycles. The fourth-order valence-corrected chi connectivity index (χ4v) is 2.26.